The fraction of sp³-hybridized carbons (Fsp3) is 0.375. The first-order valence-corrected chi connectivity index (χ1v) is 7.04. The summed E-state index contributed by atoms with van der Waals surface area (Å²) in [6.45, 7) is 2.87. The molecule has 1 N–H and O–H groups in total. The summed E-state index contributed by atoms with van der Waals surface area (Å²) >= 11 is 0. The number of carbonyl (C=O) groups is 1. The molecule has 0 aliphatic rings. The smallest absolute Gasteiger partial charge is 0.318 e. The fourth-order valence-electron chi connectivity index (χ4n) is 2.04. The number of nitrogens with zero attached hydrogens (tertiary/aromatic N) is 1. The lowest BCUT2D eigenvalue weighted by Crippen LogP contribution is -2.32. The molecule has 0 radical (unpaired) electrons. The lowest BCUT2D eigenvalue weighted by Gasteiger charge is -2.17. The van der Waals surface area contributed by atoms with Crippen LogP contribution < -0.4 is 4.57 Å². The molecule has 0 spiro atoms. The molecule has 0 fully saturated rings. The first kappa shape index (κ1) is 15.3. The zero-order chi connectivity index (χ0) is 15.1. The topological polar surface area (TPSA) is 55.2 Å². The summed E-state index contributed by atoms with van der Waals surface area (Å²) in [5.41, 5.74) is 0.940. The molecule has 1 aromatic carbocycles. The van der Waals surface area contributed by atoms with Crippen molar-refractivity contribution in [1.29, 1.82) is 0 Å². The summed E-state index contributed by atoms with van der Waals surface area (Å²) in [5, 5.41) is 0. The summed E-state index contributed by atoms with van der Waals surface area (Å²) in [4.78, 5) is 15.1. The molecule has 21 heavy (non-hydrogen) atoms. The van der Waals surface area contributed by atoms with Gasteiger partial charge in [0.2, 0.25) is 0 Å². The Morgan fingerprint density at radius 2 is 2.10 bits per heavy atom. The fourth-order valence-corrected chi connectivity index (χ4v) is 2.04. The summed E-state index contributed by atoms with van der Waals surface area (Å²) < 4.78 is 12.9. The van der Waals surface area contributed by atoms with Crippen LogP contribution in [0.2, 0.25) is 0 Å². The number of hydrogen-bond acceptors (Lipinski definition) is 3. The molecule has 0 aliphatic heterocycles. The van der Waals surface area contributed by atoms with Crippen molar-refractivity contribution >= 4 is 5.97 Å². The van der Waals surface area contributed by atoms with Gasteiger partial charge in [-0.2, -0.15) is 0 Å². The molecule has 2 aromatic rings. The van der Waals surface area contributed by atoms with E-state index in [4.69, 9.17) is 9.47 Å². The number of imidazole rings is 1. The molecule has 1 heterocycles. The lowest BCUT2D eigenvalue weighted by atomic mass is 10.1. The molecule has 0 saturated carbocycles. The molecule has 1 atom stereocenters. The highest BCUT2D eigenvalue weighted by Crippen LogP contribution is 2.18. The summed E-state index contributed by atoms with van der Waals surface area (Å²) in [6, 6.07) is 9.65. The van der Waals surface area contributed by atoms with Crippen molar-refractivity contribution in [3.05, 3.63) is 54.1 Å². The van der Waals surface area contributed by atoms with Crippen molar-refractivity contribution < 1.29 is 18.8 Å². The quantitative estimate of drug-likeness (QED) is 0.623. The molecule has 0 saturated heterocycles. The molecular weight excluding hydrogens is 268 g/mol. The number of ether oxygens (including phenoxy) is 2. The van der Waals surface area contributed by atoms with Gasteiger partial charge < -0.3 is 9.47 Å². The van der Waals surface area contributed by atoms with Crippen LogP contribution in [0.3, 0.4) is 0 Å². The van der Waals surface area contributed by atoms with E-state index in [0.717, 1.165) is 11.4 Å². The second-order valence-corrected chi connectivity index (χ2v) is 4.74. The van der Waals surface area contributed by atoms with Crippen molar-refractivity contribution in [1.82, 2.24) is 4.98 Å². The average Bonchev–Trinajstić information content (AvgIpc) is 2.89. The summed E-state index contributed by atoms with van der Waals surface area (Å²) in [7, 11) is 1.88. The minimum Gasteiger partial charge on any atom is -0.455 e. The monoisotopic (exact) mass is 289 g/mol. The predicted molar refractivity (Wildman–Crippen MR) is 77.4 cm³/mol. The summed E-state index contributed by atoms with van der Waals surface area (Å²) in [5.74, 6) is 0.532. The number of hydrogen-bond donors (Lipinski definition) is 1. The Morgan fingerprint density at radius 3 is 2.71 bits per heavy atom. The van der Waals surface area contributed by atoms with E-state index in [-0.39, 0.29) is 18.5 Å². The Morgan fingerprint density at radius 1 is 1.33 bits per heavy atom. The molecular formula is C16H21N2O3+. The van der Waals surface area contributed by atoms with Crippen LogP contribution >= 0.6 is 0 Å². The summed E-state index contributed by atoms with van der Waals surface area (Å²) in [6.07, 6.45) is 3.48. The first-order chi connectivity index (χ1) is 10.2. The number of esters is 1. The number of nitrogens with one attached hydrogen (secondary N) is 1. The van der Waals surface area contributed by atoms with E-state index in [2.05, 4.69) is 4.98 Å². The van der Waals surface area contributed by atoms with Crippen molar-refractivity contribution in [3.8, 4) is 0 Å². The zero-order valence-electron chi connectivity index (χ0n) is 12.4. The minimum absolute atomic E-state index is 0.207. The van der Waals surface area contributed by atoms with Crippen molar-refractivity contribution in [2.75, 3.05) is 13.2 Å². The van der Waals surface area contributed by atoms with Gasteiger partial charge in [0.05, 0.1) is 13.7 Å². The first-order valence-electron chi connectivity index (χ1n) is 7.04. The lowest BCUT2D eigenvalue weighted by molar-refractivity contribution is -0.677. The van der Waals surface area contributed by atoms with Crippen molar-refractivity contribution in [3.63, 3.8) is 0 Å². The molecule has 0 aliphatic carbocycles. The number of rotatable bonds is 7. The van der Waals surface area contributed by atoms with Crippen LogP contribution in [0.15, 0.2) is 42.7 Å². The minimum atomic E-state index is -0.376. The Labute approximate surface area is 124 Å². The molecule has 2 rings (SSSR count). The van der Waals surface area contributed by atoms with Gasteiger partial charge in [-0.15, -0.1) is 0 Å². The molecule has 5 nitrogen and oxygen atoms in total. The Kier molecular flexibility index (Phi) is 5.51. The van der Waals surface area contributed by atoms with Crippen LogP contribution in [0.25, 0.3) is 0 Å². The Hall–Kier alpha value is -2.14. The SMILES string of the molecule is CCOC[C@@H](OC(=O)Cc1[nH]cc[n+]1C)c1ccccc1. The van der Waals surface area contributed by atoms with Gasteiger partial charge in [-0.25, -0.2) is 9.55 Å². The van der Waals surface area contributed by atoms with E-state index in [9.17, 15) is 4.79 Å². The van der Waals surface area contributed by atoms with Crippen LogP contribution in [0, 0.1) is 0 Å². The van der Waals surface area contributed by atoms with Crippen LogP contribution in [0.1, 0.15) is 24.4 Å². The van der Waals surface area contributed by atoms with E-state index < -0.39 is 0 Å². The molecule has 0 amide bonds. The number of benzene rings is 1. The second kappa shape index (κ2) is 7.59. The van der Waals surface area contributed by atoms with Crippen LogP contribution in [0.4, 0.5) is 0 Å². The standard InChI is InChI=1S/C16H20N2O3/c1-3-20-12-14(13-7-5-4-6-8-13)21-16(19)11-15-17-9-10-18(15)2/h4-10,14H,3,11-12H2,1-2H3/p+1/t14-/m1/s1. The number of aromatic amines is 1. The third-order valence-electron chi connectivity index (χ3n) is 3.20. The van der Waals surface area contributed by atoms with Gasteiger partial charge in [0, 0.05) is 6.61 Å². The van der Waals surface area contributed by atoms with Crippen LogP contribution in [-0.4, -0.2) is 24.2 Å². The van der Waals surface area contributed by atoms with Crippen molar-refractivity contribution in [2.45, 2.75) is 19.4 Å². The number of aryl methyl sites for hydroxylation is 1. The zero-order valence-corrected chi connectivity index (χ0v) is 12.4. The predicted octanol–water partition coefficient (Wildman–Crippen LogP) is 1.70. The van der Waals surface area contributed by atoms with Gasteiger partial charge in [-0.1, -0.05) is 30.3 Å². The van der Waals surface area contributed by atoms with E-state index in [0.29, 0.717) is 13.2 Å². The third kappa shape index (κ3) is 4.43. The molecule has 1 aromatic heterocycles. The largest absolute Gasteiger partial charge is 0.455 e. The molecule has 0 unspecified atom stereocenters. The number of H-pyrrole nitrogens is 1. The third-order valence-corrected chi connectivity index (χ3v) is 3.20. The average molecular weight is 289 g/mol. The van der Waals surface area contributed by atoms with Gasteiger partial charge in [0.15, 0.2) is 6.10 Å². The molecule has 5 heteroatoms. The van der Waals surface area contributed by atoms with Gasteiger partial charge >= 0.3 is 5.97 Å². The van der Waals surface area contributed by atoms with Crippen LogP contribution in [-0.2, 0) is 27.7 Å². The van der Waals surface area contributed by atoms with E-state index in [1.807, 2.05) is 55.1 Å². The van der Waals surface area contributed by atoms with Crippen LogP contribution in [0.5, 0.6) is 0 Å². The van der Waals surface area contributed by atoms with Gasteiger partial charge in [-0.3, -0.25) is 4.79 Å². The maximum atomic E-state index is 12.1. The highest BCUT2D eigenvalue weighted by Gasteiger charge is 2.20. The van der Waals surface area contributed by atoms with Gasteiger partial charge in [0.1, 0.15) is 18.8 Å². The number of aromatic nitrogens is 2. The highest BCUT2D eigenvalue weighted by molar-refractivity contribution is 5.71. The Balaban J connectivity index is 2.01. The normalized spacial score (nSPS) is 12.1. The Bertz CT molecular complexity index is 566. The number of carbonyl (C=O) groups excluding carboxylic acids is 1. The molecule has 112 valence electrons. The van der Waals surface area contributed by atoms with E-state index in [1.165, 1.54) is 0 Å². The van der Waals surface area contributed by atoms with E-state index in [1.54, 1.807) is 6.20 Å². The second-order valence-electron chi connectivity index (χ2n) is 4.74. The van der Waals surface area contributed by atoms with E-state index >= 15 is 0 Å². The maximum Gasteiger partial charge on any atom is 0.318 e. The molecule has 0 bridgehead atoms. The maximum absolute atomic E-state index is 12.1. The highest BCUT2D eigenvalue weighted by atomic mass is 16.6. The van der Waals surface area contributed by atoms with Crippen molar-refractivity contribution in [2.24, 2.45) is 7.05 Å². The van der Waals surface area contributed by atoms with Gasteiger partial charge in [-0.05, 0) is 12.5 Å². The van der Waals surface area contributed by atoms with Gasteiger partial charge in [0.25, 0.3) is 5.82 Å².